The van der Waals surface area contributed by atoms with Gasteiger partial charge in [-0.1, -0.05) is 75.8 Å². The van der Waals surface area contributed by atoms with Crippen LogP contribution in [0.1, 0.15) is 76.4 Å². The van der Waals surface area contributed by atoms with E-state index >= 15 is 0 Å². The van der Waals surface area contributed by atoms with Crippen LogP contribution >= 0.6 is 0 Å². The molecular formula is C23H38N2O3. The molecule has 3 N–H and O–H groups in total. The van der Waals surface area contributed by atoms with E-state index in [9.17, 15) is 15.0 Å². The smallest absolute Gasteiger partial charge is 0.220 e. The molecule has 1 amide bonds. The predicted octanol–water partition coefficient (Wildman–Crippen LogP) is 3.41. The number of rotatable bonds is 13. The summed E-state index contributed by atoms with van der Waals surface area (Å²) in [4.78, 5) is 14.6. The number of likely N-dealkylation sites (tertiary alicyclic amines) is 1. The Labute approximate surface area is 170 Å². The van der Waals surface area contributed by atoms with E-state index < -0.39 is 6.10 Å². The minimum atomic E-state index is -0.753. The minimum absolute atomic E-state index is 0.00767. The maximum Gasteiger partial charge on any atom is 0.220 e. The lowest BCUT2D eigenvalue weighted by atomic mass is 10.0. The first-order valence-corrected chi connectivity index (χ1v) is 11.0. The van der Waals surface area contributed by atoms with Crippen LogP contribution in [0.15, 0.2) is 30.3 Å². The number of hydrogen-bond acceptors (Lipinski definition) is 4. The third-order valence-electron chi connectivity index (χ3n) is 5.58. The molecule has 3 atom stereocenters. The molecule has 0 spiro atoms. The quantitative estimate of drug-likeness (QED) is 0.451. The van der Waals surface area contributed by atoms with E-state index in [1.807, 2.05) is 30.3 Å². The molecule has 1 heterocycles. The van der Waals surface area contributed by atoms with E-state index in [0.29, 0.717) is 19.5 Å². The highest BCUT2D eigenvalue weighted by Crippen LogP contribution is 2.20. The topological polar surface area (TPSA) is 72.8 Å². The van der Waals surface area contributed by atoms with E-state index in [4.69, 9.17) is 0 Å². The number of amides is 1. The average molecular weight is 391 g/mol. The number of unbranched alkanes of at least 4 members (excludes halogenated alkanes) is 6. The number of aliphatic hydroxyl groups excluding tert-OH is 2. The summed E-state index contributed by atoms with van der Waals surface area (Å²) in [5.74, 6) is 0.00767. The van der Waals surface area contributed by atoms with Gasteiger partial charge in [-0.15, -0.1) is 0 Å². The summed E-state index contributed by atoms with van der Waals surface area (Å²) in [6.07, 6.45) is 8.46. The number of carbonyl (C=O) groups excluding carboxylic acids is 1. The maximum atomic E-state index is 12.5. The molecule has 158 valence electrons. The number of nitrogens with zero attached hydrogens (tertiary/aromatic N) is 1. The van der Waals surface area contributed by atoms with Crippen molar-refractivity contribution in [3.8, 4) is 0 Å². The van der Waals surface area contributed by atoms with Crippen molar-refractivity contribution in [2.45, 2.75) is 83.0 Å². The average Bonchev–Trinajstić information content (AvgIpc) is 3.11. The molecule has 2 rings (SSSR count). The van der Waals surface area contributed by atoms with E-state index in [1.54, 1.807) is 0 Å². The van der Waals surface area contributed by atoms with Crippen molar-refractivity contribution in [3.05, 3.63) is 35.9 Å². The molecule has 1 fully saturated rings. The minimum Gasteiger partial charge on any atom is -0.392 e. The fraction of sp³-hybridized carbons (Fsp3) is 0.696. The van der Waals surface area contributed by atoms with Crippen molar-refractivity contribution < 1.29 is 15.0 Å². The summed E-state index contributed by atoms with van der Waals surface area (Å²) < 4.78 is 0. The van der Waals surface area contributed by atoms with Gasteiger partial charge in [-0.3, -0.25) is 9.69 Å². The molecule has 1 saturated heterocycles. The predicted molar refractivity (Wildman–Crippen MR) is 113 cm³/mol. The second-order valence-electron chi connectivity index (χ2n) is 8.10. The fourth-order valence-corrected chi connectivity index (χ4v) is 3.88. The largest absolute Gasteiger partial charge is 0.392 e. The summed E-state index contributed by atoms with van der Waals surface area (Å²) in [7, 11) is 0. The maximum absolute atomic E-state index is 12.5. The van der Waals surface area contributed by atoms with E-state index in [0.717, 1.165) is 31.4 Å². The van der Waals surface area contributed by atoms with Gasteiger partial charge in [-0.05, 0) is 18.4 Å². The van der Waals surface area contributed by atoms with Crippen LogP contribution < -0.4 is 5.32 Å². The third-order valence-corrected chi connectivity index (χ3v) is 5.58. The number of benzene rings is 1. The Morgan fingerprint density at radius 1 is 1.14 bits per heavy atom. The SMILES string of the molecule is CCCCCCCCCC(=O)N[C@@H](CN1CCC(O)C1)[C@@H](O)c1ccccc1. The van der Waals surface area contributed by atoms with Gasteiger partial charge < -0.3 is 15.5 Å². The highest BCUT2D eigenvalue weighted by molar-refractivity contribution is 5.76. The van der Waals surface area contributed by atoms with Crippen LogP contribution in [-0.4, -0.2) is 52.8 Å². The van der Waals surface area contributed by atoms with Crippen molar-refractivity contribution in [1.29, 1.82) is 0 Å². The van der Waals surface area contributed by atoms with Gasteiger partial charge in [0.25, 0.3) is 0 Å². The van der Waals surface area contributed by atoms with Crippen molar-refractivity contribution in [3.63, 3.8) is 0 Å². The van der Waals surface area contributed by atoms with Crippen molar-refractivity contribution >= 4 is 5.91 Å². The Hall–Kier alpha value is -1.43. The van der Waals surface area contributed by atoms with Gasteiger partial charge >= 0.3 is 0 Å². The monoisotopic (exact) mass is 390 g/mol. The zero-order valence-electron chi connectivity index (χ0n) is 17.4. The van der Waals surface area contributed by atoms with Gasteiger partial charge in [0.05, 0.1) is 12.1 Å². The van der Waals surface area contributed by atoms with Gasteiger partial charge in [0.2, 0.25) is 5.91 Å². The van der Waals surface area contributed by atoms with Gasteiger partial charge in [0.15, 0.2) is 0 Å². The second kappa shape index (κ2) is 12.9. The Bertz CT molecular complexity index is 552. The zero-order valence-corrected chi connectivity index (χ0v) is 17.4. The van der Waals surface area contributed by atoms with Crippen LogP contribution in [0.2, 0.25) is 0 Å². The Morgan fingerprint density at radius 2 is 1.82 bits per heavy atom. The molecule has 28 heavy (non-hydrogen) atoms. The zero-order chi connectivity index (χ0) is 20.2. The molecule has 0 aliphatic carbocycles. The van der Waals surface area contributed by atoms with Gasteiger partial charge in [0, 0.05) is 26.1 Å². The molecule has 0 aromatic heterocycles. The second-order valence-corrected chi connectivity index (χ2v) is 8.10. The lowest BCUT2D eigenvalue weighted by Crippen LogP contribution is -2.47. The van der Waals surface area contributed by atoms with Crippen LogP contribution in [0, 0.1) is 0 Å². The number of β-amino-alcohol motifs (C(OH)–C–C–N with tert-alkyl or cyclic N) is 1. The number of hydrogen-bond donors (Lipinski definition) is 3. The van der Waals surface area contributed by atoms with Crippen molar-refractivity contribution in [2.24, 2.45) is 0 Å². The molecule has 5 heteroatoms. The van der Waals surface area contributed by atoms with E-state index in [2.05, 4.69) is 17.1 Å². The standard InChI is InChI=1S/C23H38N2O3/c1-2-3-4-5-6-7-11-14-22(27)24-21(18-25-16-15-20(26)17-25)23(28)19-12-9-8-10-13-19/h8-10,12-13,20-21,23,26,28H,2-7,11,14-18H2,1H3,(H,24,27)/t20?,21-,23-/m0/s1. The van der Waals surface area contributed by atoms with Crippen LogP contribution in [0.3, 0.4) is 0 Å². The molecular weight excluding hydrogens is 352 g/mol. The van der Waals surface area contributed by atoms with Crippen LogP contribution in [0.5, 0.6) is 0 Å². The molecule has 0 saturated carbocycles. The van der Waals surface area contributed by atoms with Crippen LogP contribution in [-0.2, 0) is 4.79 Å². The molecule has 0 radical (unpaired) electrons. The number of nitrogens with one attached hydrogen (secondary N) is 1. The number of aliphatic hydroxyl groups is 2. The first-order chi connectivity index (χ1) is 13.6. The summed E-state index contributed by atoms with van der Waals surface area (Å²) in [6.45, 7) is 4.17. The molecule has 1 aromatic rings. The normalized spacial score (nSPS) is 19.5. The highest BCUT2D eigenvalue weighted by Gasteiger charge is 2.28. The highest BCUT2D eigenvalue weighted by atomic mass is 16.3. The van der Waals surface area contributed by atoms with Gasteiger partial charge in [-0.25, -0.2) is 0 Å². The summed E-state index contributed by atoms with van der Waals surface area (Å²) >= 11 is 0. The molecule has 1 aliphatic rings. The van der Waals surface area contributed by atoms with Crippen molar-refractivity contribution in [2.75, 3.05) is 19.6 Å². The molecule has 1 unspecified atom stereocenters. The Kier molecular flexibility index (Phi) is 10.5. The molecule has 1 aliphatic heterocycles. The lowest BCUT2D eigenvalue weighted by molar-refractivity contribution is -0.123. The fourth-order valence-electron chi connectivity index (χ4n) is 3.88. The number of carbonyl (C=O) groups is 1. The van der Waals surface area contributed by atoms with Crippen LogP contribution in [0.4, 0.5) is 0 Å². The lowest BCUT2D eigenvalue weighted by Gasteiger charge is -2.29. The van der Waals surface area contributed by atoms with E-state index in [1.165, 1.54) is 32.1 Å². The van der Waals surface area contributed by atoms with Crippen LogP contribution in [0.25, 0.3) is 0 Å². The summed E-state index contributed by atoms with van der Waals surface area (Å²) in [5.41, 5.74) is 0.809. The molecule has 1 aromatic carbocycles. The summed E-state index contributed by atoms with van der Waals surface area (Å²) in [5, 5.41) is 23.7. The van der Waals surface area contributed by atoms with Gasteiger partial charge in [-0.2, -0.15) is 0 Å². The van der Waals surface area contributed by atoms with E-state index in [-0.39, 0.29) is 18.1 Å². The van der Waals surface area contributed by atoms with Crippen molar-refractivity contribution in [1.82, 2.24) is 10.2 Å². The Balaban J connectivity index is 1.82. The third kappa shape index (κ3) is 8.29. The molecule has 0 bridgehead atoms. The molecule has 5 nitrogen and oxygen atoms in total. The Morgan fingerprint density at radius 3 is 2.46 bits per heavy atom. The first-order valence-electron chi connectivity index (χ1n) is 11.0. The van der Waals surface area contributed by atoms with Gasteiger partial charge in [0.1, 0.15) is 6.10 Å². The first kappa shape index (κ1) is 22.9. The summed E-state index contributed by atoms with van der Waals surface area (Å²) in [6, 6.07) is 9.12.